The molecule has 0 bridgehead atoms. The average Bonchev–Trinajstić information content (AvgIpc) is 3.27. The van der Waals surface area contributed by atoms with E-state index in [1.807, 2.05) is 12.1 Å². The molecule has 0 aliphatic heterocycles. The lowest BCUT2D eigenvalue weighted by molar-refractivity contribution is -0.0204. The Balaban J connectivity index is 1.79. The Kier molecular flexibility index (Phi) is 1.49. The highest BCUT2D eigenvalue weighted by Crippen LogP contribution is 2.90. The fraction of sp³-hybridized carbons (Fsp3) is 0.500. The molecule has 0 radical (unpaired) electrons. The third-order valence-corrected chi connectivity index (χ3v) is 6.92. The van der Waals surface area contributed by atoms with Crippen LogP contribution in [-0.2, 0) is 0 Å². The lowest BCUT2D eigenvalue weighted by Crippen LogP contribution is -2.71. The van der Waals surface area contributed by atoms with Crippen LogP contribution in [0, 0.1) is 16.7 Å². The molecule has 3 heteroatoms. The van der Waals surface area contributed by atoms with Crippen molar-refractivity contribution in [1.82, 2.24) is 0 Å². The summed E-state index contributed by atoms with van der Waals surface area (Å²) >= 11 is 6.79. The van der Waals surface area contributed by atoms with E-state index in [4.69, 9.17) is 11.6 Å². The summed E-state index contributed by atoms with van der Waals surface area (Å²) in [5.41, 5.74) is 1.16. The number of carbonyl (C=O) groups is 2. The summed E-state index contributed by atoms with van der Waals surface area (Å²) in [7, 11) is 0. The normalized spacial score (nSPS) is 38.7. The molecule has 0 saturated heterocycles. The fourth-order valence-electron chi connectivity index (χ4n) is 5.13. The highest BCUT2D eigenvalue weighted by atomic mass is 35.5. The quantitative estimate of drug-likeness (QED) is 0.680. The van der Waals surface area contributed by atoms with Crippen molar-refractivity contribution >= 4 is 23.2 Å². The van der Waals surface area contributed by atoms with Crippen molar-refractivity contribution in [2.75, 3.05) is 0 Å². The van der Waals surface area contributed by atoms with Gasteiger partial charge in [-0.05, 0) is 31.1 Å². The van der Waals surface area contributed by atoms with Crippen LogP contribution >= 0.6 is 11.6 Å². The van der Waals surface area contributed by atoms with E-state index in [1.54, 1.807) is 12.1 Å². The molecular formula is C16H13ClO2. The maximum atomic E-state index is 12.8. The van der Waals surface area contributed by atoms with Gasteiger partial charge in [-0.2, -0.15) is 0 Å². The van der Waals surface area contributed by atoms with Gasteiger partial charge < -0.3 is 0 Å². The first-order valence-electron chi connectivity index (χ1n) is 6.95. The van der Waals surface area contributed by atoms with E-state index in [2.05, 4.69) is 0 Å². The van der Waals surface area contributed by atoms with Gasteiger partial charge in [-0.3, -0.25) is 9.59 Å². The number of hydrogen-bond acceptors (Lipinski definition) is 2. The minimum atomic E-state index is -0.922. The average molecular weight is 273 g/mol. The third kappa shape index (κ3) is 0.807. The van der Waals surface area contributed by atoms with E-state index in [-0.39, 0.29) is 28.3 Å². The molecule has 96 valence electrons. The molecule has 2 atom stereocenters. The van der Waals surface area contributed by atoms with E-state index in [1.165, 1.54) is 0 Å². The summed E-state index contributed by atoms with van der Waals surface area (Å²) in [6.07, 6.45) is 4.20. The van der Waals surface area contributed by atoms with Gasteiger partial charge in [0.05, 0.1) is 5.92 Å². The molecule has 0 N–H and O–H groups in total. The van der Waals surface area contributed by atoms with Crippen LogP contribution in [0.1, 0.15) is 46.4 Å². The van der Waals surface area contributed by atoms with E-state index in [0.29, 0.717) is 11.1 Å². The number of Topliss-reactive ketones (excluding diaryl/α,β-unsaturated/α-hetero) is 2. The summed E-state index contributed by atoms with van der Waals surface area (Å²) < 4.78 is 0. The highest BCUT2D eigenvalue weighted by Gasteiger charge is 2.91. The van der Waals surface area contributed by atoms with E-state index in [9.17, 15) is 9.59 Å². The SMILES string of the molecule is O=C1c2ccccc2C(=O)C2(Cl)C1C1(CC1)C21CC1. The molecule has 4 aliphatic carbocycles. The van der Waals surface area contributed by atoms with Crippen molar-refractivity contribution in [3.05, 3.63) is 35.4 Å². The first-order chi connectivity index (χ1) is 9.08. The summed E-state index contributed by atoms with van der Waals surface area (Å²) in [6, 6.07) is 7.18. The van der Waals surface area contributed by atoms with Crippen LogP contribution < -0.4 is 0 Å². The van der Waals surface area contributed by atoms with Crippen LogP contribution in [0.4, 0.5) is 0 Å². The Bertz CT molecular complexity index is 669. The van der Waals surface area contributed by atoms with Gasteiger partial charge in [0.15, 0.2) is 11.6 Å². The predicted octanol–water partition coefficient (Wildman–Crippen LogP) is 3.23. The summed E-state index contributed by atoms with van der Waals surface area (Å²) in [4.78, 5) is 24.7. The Labute approximate surface area is 116 Å². The van der Waals surface area contributed by atoms with Crippen LogP contribution in [-0.4, -0.2) is 16.4 Å². The Morgan fingerprint density at radius 3 is 2.21 bits per heavy atom. The smallest absolute Gasteiger partial charge is 0.185 e. The van der Waals surface area contributed by atoms with Crippen molar-refractivity contribution in [1.29, 1.82) is 0 Å². The molecule has 2 unspecified atom stereocenters. The standard InChI is InChI=1S/C16H13ClO2/c17-16-12(14(5-6-14)15(16)7-8-15)11(18)9-3-1-2-4-10(9)13(16)19/h1-4,12H,5-8H2. The van der Waals surface area contributed by atoms with Crippen molar-refractivity contribution < 1.29 is 9.59 Å². The van der Waals surface area contributed by atoms with Gasteiger partial charge in [-0.1, -0.05) is 24.3 Å². The molecule has 3 fully saturated rings. The Morgan fingerprint density at radius 2 is 1.63 bits per heavy atom. The predicted molar refractivity (Wildman–Crippen MR) is 70.5 cm³/mol. The zero-order chi connectivity index (χ0) is 13.0. The fourth-order valence-corrected chi connectivity index (χ4v) is 5.92. The largest absolute Gasteiger partial charge is 0.294 e. The molecular weight excluding hydrogens is 260 g/mol. The van der Waals surface area contributed by atoms with Crippen molar-refractivity contribution in [3.63, 3.8) is 0 Å². The van der Waals surface area contributed by atoms with Gasteiger partial charge in [-0.15, -0.1) is 11.6 Å². The summed E-state index contributed by atoms with van der Waals surface area (Å²) in [6.45, 7) is 0. The number of halogens is 1. The molecule has 2 nitrogen and oxygen atoms in total. The van der Waals surface area contributed by atoms with Crippen molar-refractivity contribution in [3.8, 4) is 0 Å². The minimum Gasteiger partial charge on any atom is -0.294 e. The highest BCUT2D eigenvalue weighted by molar-refractivity contribution is 6.45. The van der Waals surface area contributed by atoms with Crippen LogP contribution in [0.5, 0.6) is 0 Å². The van der Waals surface area contributed by atoms with Crippen LogP contribution in [0.3, 0.4) is 0 Å². The zero-order valence-electron chi connectivity index (χ0n) is 10.4. The lowest BCUT2D eigenvalue weighted by atomic mass is 9.44. The Morgan fingerprint density at radius 1 is 1.00 bits per heavy atom. The maximum Gasteiger partial charge on any atom is 0.185 e. The Hall–Kier alpha value is -1.15. The number of ketones is 2. The molecule has 0 amide bonds. The molecule has 0 heterocycles. The second kappa shape index (κ2) is 2.67. The topological polar surface area (TPSA) is 34.1 Å². The number of hydrogen-bond donors (Lipinski definition) is 0. The molecule has 4 aliphatic rings. The third-order valence-electron chi connectivity index (χ3n) is 6.17. The van der Waals surface area contributed by atoms with Gasteiger partial charge in [-0.25, -0.2) is 0 Å². The summed E-state index contributed by atoms with van der Waals surface area (Å²) in [5.74, 6) is -0.142. The van der Waals surface area contributed by atoms with Crippen LogP contribution in [0.2, 0.25) is 0 Å². The number of carbonyl (C=O) groups excluding carboxylic acids is 2. The van der Waals surface area contributed by atoms with Crippen molar-refractivity contribution in [2.24, 2.45) is 16.7 Å². The summed E-state index contributed by atoms with van der Waals surface area (Å²) in [5, 5.41) is 0. The first-order valence-corrected chi connectivity index (χ1v) is 7.33. The van der Waals surface area contributed by atoms with Gasteiger partial charge in [0.1, 0.15) is 4.87 Å². The number of benzene rings is 1. The van der Waals surface area contributed by atoms with Crippen LogP contribution in [0.25, 0.3) is 0 Å². The number of rotatable bonds is 0. The maximum absolute atomic E-state index is 12.8. The van der Waals surface area contributed by atoms with E-state index in [0.717, 1.165) is 25.7 Å². The van der Waals surface area contributed by atoms with Gasteiger partial charge in [0.2, 0.25) is 0 Å². The monoisotopic (exact) mass is 272 g/mol. The minimum absolute atomic E-state index is 0.00407. The number of alkyl halides is 1. The second-order valence-corrected chi connectivity index (χ2v) is 7.22. The molecule has 1 aromatic carbocycles. The van der Waals surface area contributed by atoms with Crippen molar-refractivity contribution in [2.45, 2.75) is 30.6 Å². The van der Waals surface area contributed by atoms with E-state index >= 15 is 0 Å². The van der Waals surface area contributed by atoms with Crippen LogP contribution in [0.15, 0.2) is 24.3 Å². The molecule has 19 heavy (non-hydrogen) atoms. The zero-order valence-corrected chi connectivity index (χ0v) is 11.2. The van der Waals surface area contributed by atoms with Gasteiger partial charge >= 0.3 is 0 Å². The van der Waals surface area contributed by atoms with E-state index < -0.39 is 4.87 Å². The molecule has 5 rings (SSSR count). The lowest BCUT2D eigenvalue weighted by Gasteiger charge is -2.60. The van der Waals surface area contributed by atoms with Gasteiger partial charge in [0.25, 0.3) is 0 Å². The molecule has 3 saturated carbocycles. The number of fused-ring (bicyclic) bond motifs is 5. The molecule has 0 aromatic heterocycles. The molecule has 2 spiro atoms. The first kappa shape index (κ1) is 10.6. The van der Waals surface area contributed by atoms with Gasteiger partial charge in [0, 0.05) is 16.5 Å². The molecule has 1 aromatic rings. The second-order valence-electron chi connectivity index (χ2n) is 6.62.